The molecule has 0 bridgehead atoms. The number of carbonyl (C=O) groups excluding carboxylic acids is 1. The maximum atomic E-state index is 12.6. The molecule has 0 radical (unpaired) electrons. The lowest BCUT2D eigenvalue weighted by Gasteiger charge is -2.39. The van der Waals surface area contributed by atoms with E-state index >= 15 is 0 Å². The van der Waals surface area contributed by atoms with Gasteiger partial charge in [0.15, 0.2) is 0 Å². The van der Waals surface area contributed by atoms with Gasteiger partial charge in [-0.15, -0.1) is 0 Å². The molecule has 4 heteroatoms. The predicted molar refractivity (Wildman–Crippen MR) is 74.8 cm³/mol. The van der Waals surface area contributed by atoms with Gasteiger partial charge in [0.2, 0.25) is 5.91 Å². The van der Waals surface area contributed by atoms with E-state index in [4.69, 9.17) is 5.11 Å². The van der Waals surface area contributed by atoms with Crippen molar-refractivity contribution in [3.05, 3.63) is 0 Å². The standard InChI is InChI=1S/C15H27NO3/c1-11-5-7-12(8-6-11)14(19)16(15(2,3)4)10-9-13(17)18/h11-12H,5-10H2,1-4H3,(H,17,18). The molecule has 1 saturated carbocycles. The number of rotatable bonds is 4. The Labute approximate surface area is 116 Å². The maximum Gasteiger partial charge on any atom is 0.305 e. The molecular weight excluding hydrogens is 242 g/mol. The highest BCUT2D eigenvalue weighted by molar-refractivity contribution is 5.80. The molecule has 4 nitrogen and oxygen atoms in total. The number of hydrogen-bond acceptors (Lipinski definition) is 2. The van der Waals surface area contributed by atoms with Crippen LogP contribution in [0.15, 0.2) is 0 Å². The molecule has 1 aliphatic carbocycles. The van der Waals surface area contributed by atoms with Crippen molar-refractivity contribution in [3.63, 3.8) is 0 Å². The Bertz CT molecular complexity index is 325. The number of amides is 1. The fraction of sp³-hybridized carbons (Fsp3) is 0.867. The minimum Gasteiger partial charge on any atom is -0.481 e. The lowest BCUT2D eigenvalue weighted by molar-refractivity contribution is -0.144. The molecule has 1 N–H and O–H groups in total. The van der Waals surface area contributed by atoms with Crippen LogP contribution in [0.5, 0.6) is 0 Å². The summed E-state index contributed by atoms with van der Waals surface area (Å²) < 4.78 is 0. The van der Waals surface area contributed by atoms with E-state index in [2.05, 4.69) is 6.92 Å². The maximum absolute atomic E-state index is 12.6. The smallest absolute Gasteiger partial charge is 0.305 e. The molecule has 110 valence electrons. The lowest BCUT2D eigenvalue weighted by atomic mass is 9.81. The molecule has 0 aliphatic heterocycles. The minimum atomic E-state index is -0.848. The number of hydrogen-bond donors (Lipinski definition) is 1. The largest absolute Gasteiger partial charge is 0.481 e. The van der Waals surface area contributed by atoms with Gasteiger partial charge < -0.3 is 10.0 Å². The van der Waals surface area contributed by atoms with Crippen molar-refractivity contribution >= 4 is 11.9 Å². The summed E-state index contributed by atoms with van der Waals surface area (Å²) in [6.45, 7) is 8.45. The van der Waals surface area contributed by atoms with Gasteiger partial charge in [-0.25, -0.2) is 0 Å². The van der Waals surface area contributed by atoms with E-state index in [9.17, 15) is 9.59 Å². The normalized spacial score (nSPS) is 24.0. The fourth-order valence-corrected chi connectivity index (χ4v) is 2.71. The zero-order valence-corrected chi connectivity index (χ0v) is 12.6. The van der Waals surface area contributed by atoms with Crippen LogP contribution in [0.1, 0.15) is 59.8 Å². The van der Waals surface area contributed by atoms with E-state index in [0.29, 0.717) is 12.5 Å². The van der Waals surface area contributed by atoms with E-state index in [-0.39, 0.29) is 23.8 Å². The Morgan fingerprint density at radius 3 is 2.11 bits per heavy atom. The lowest BCUT2D eigenvalue weighted by Crippen LogP contribution is -2.49. The number of carboxylic acid groups (broad SMARTS) is 1. The molecule has 0 unspecified atom stereocenters. The first-order chi connectivity index (χ1) is 8.71. The van der Waals surface area contributed by atoms with Crippen LogP contribution >= 0.6 is 0 Å². The zero-order valence-electron chi connectivity index (χ0n) is 12.6. The third-order valence-corrected chi connectivity index (χ3v) is 3.99. The topological polar surface area (TPSA) is 57.6 Å². The van der Waals surface area contributed by atoms with Crippen molar-refractivity contribution < 1.29 is 14.7 Å². The van der Waals surface area contributed by atoms with Gasteiger partial charge in [-0.1, -0.05) is 6.92 Å². The molecular formula is C15H27NO3. The van der Waals surface area contributed by atoms with Gasteiger partial charge in [0.05, 0.1) is 6.42 Å². The molecule has 0 aromatic rings. The minimum absolute atomic E-state index is 0.0200. The van der Waals surface area contributed by atoms with Crippen molar-refractivity contribution in [1.29, 1.82) is 0 Å². The second-order valence-electron chi connectivity index (χ2n) is 6.76. The molecule has 1 aliphatic rings. The van der Waals surface area contributed by atoms with Crippen LogP contribution in [0, 0.1) is 11.8 Å². The molecule has 0 heterocycles. The molecule has 19 heavy (non-hydrogen) atoms. The third-order valence-electron chi connectivity index (χ3n) is 3.99. The van der Waals surface area contributed by atoms with Gasteiger partial charge in [0.25, 0.3) is 0 Å². The molecule has 0 aromatic heterocycles. The Morgan fingerprint density at radius 2 is 1.68 bits per heavy atom. The van der Waals surface area contributed by atoms with Crippen LogP contribution in [0.25, 0.3) is 0 Å². The number of nitrogens with zero attached hydrogens (tertiary/aromatic N) is 1. The van der Waals surface area contributed by atoms with Gasteiger partial charge in [-0.2, -0.15) is 0 Å². The van der Waals surface area contributed by atoms with E-state index in [0.717, 1.165) is 25.7 Å². The zero-order chi connectivity index (χ0) is 14.6. The summed E-state index contributed by atoms with van der Waals surface area (Å²) >= 11 is 0. The van der Waals surface area contributed by atoms with Gasteiger partial charge in [0.1, 0.15) is 0 Å². The Morgan fingerprint density at radius 1 is 1.16 bits per heavy atom. The average molecular weight is 269 g/mol. The first kappa shape index (κ1) is 16.0. The molecule has 1 amide bonds. The van der Waals surface area contributed by atoms with Gasteiger partial charge >= 0.3 is 5.97 Å². The number of carboxylic acids is 1. The first-order valence-electron chi connectivity index (χ1n) is 7.25. The molecule has 1 fully saturated rings. The average Bonchev–Trinajstić information content (AvgIpc) is 2.27. The van der Waals surface area contributed by atoms with Crippen LogP contribution in [-0.2, 0) is 9.59 Å². The molecule has 0 aromatic carbocycles. The van der Waals surface area contributed by atoms with Crippen molar-refractivity contribution in [2.45, 2.75) is 65.3 Å². The molecule has 0 spiro atoms. The Kier molecular flexibility index (Phi) is 5.39. The van der Waals surface area contributed by atoms with Gasteiger partial charge in [0, 0.05) is 18.0 Å². The van der Waals surface area contributed by atoms with Crippen molar-refractivity contribution in [2.24, 2.45) is 11.8 Å². The van der Waals surface area contributed by atoms with Gasteiger partial charge in [-0.3, -0.25) is 9.59 Å². The fourth-order valence-electron chi connectivity index (χ4n) is 2.71. The summed E-state index contributed by atoms with van der Waals surface area (Å²) in [7, 11) is 0. The molecule has 1 rings (SSSR count). The second-order valence-corrected chi connectivity index (χ2v) is 6.76. The Hall–Kier alpha value is -1.06. The van der Waals surface area contributed by atoms with E-state index < -0.39 is 5.97 Å². The van der Waals surface area contributed by atoms with Crippen molar-refractivity contribution in [3.8, 4) is 0 Å². The summed E-state index contributed by atoms with van der Waals surface area (Å²) in [5, 5.41) is 8.82. The summed E-state index contributed by atoms with van der Waals surface area (Å²) in [4.78, 5) is 25.1. The van der Waals surface area contributed by atoms with E-state index in [1.54, 1.807) is 4.90 Å². The van der Waals surface area contributed by atoms with Crippen LogP contribution in [-0.4, -0.2) is 34.0 Å². The van der Waals surface area contributed by atoms with E-state index in [1.807, 2.05) is 20.8 Å². The van der Waals surface area contributed by atoms with Crippen molar-refractivity contribution in [2.75, 3.05) is 6.54 Å². The number of aliphatic carboxylic acids is 1. The first-order valence-corrected chi connectivity index (χ1v) is 7.25. The summed E-state index contributed by atoms with van der Waals surface area (Å²) in [5.41, 5.74) is -0.310. The van der Waals surface area contributed by atoms with E-state index in [1.165, 1.54) is 0 Å². The quantitative estimate of drug-likeness (QED) is 0.853. The van der Waals surface area contributed by atoms with Crippen LogP contribution in [0.2, 0.25) is 0 Å². The molecule has 0 saturated heterocycles. The summed E-state index contributed by atoms with van der Waals surface area (Å²) in [5.74, 6) is 0.0929. The second kappa shape index (κ2) is 6.40. The number of carbonyl (C=O) groups is 2. The monoisotopic (exact) mass is 269 g/mol. The predicted octanol–water partition coefficient (Wildman–Crippen LogP) is 2.91. The Balaban J connectivity index is 2.68. The van der Waals surface area contributed by atoms with Crippen LogP contribution in [0.4, 0.5) is 0 Å². The highest BCUT2D eigenvalue weighted by atomic mass is 16.4. The van der Waals surface area contributed by atoms with Crippen molar-refractivity contribution in [1.82, 2.24) is 4.90 Å². The van der Waals surface area contributed by atoms with Crippen LogP contribution in [0.3, 0.4) is 0 Å². The summed E-state index contributed by atoms with van der Waals surface area (Å²) in [6.07, 6.45) is 4.12. The SMILES string of the molecule is CC1CCC(C(=O)N(CCC(=O)O)C(C)(C)C)CC1. The van der Waals surface area contributed by atoms with Gasteiger partial charge in [-0.05, 0) is 52.4 Å². The molecule has 0 atom stereocenters. The highest BCUT2D eigenvalue weighted by Crippen LogP contribution is 2.31. The highest BCUT2D eigenvalue weighted by Gasteiger charge is 2.33. The summed E-state index contributed by atoms with van der Waals surface area (Å²) in [6, 6.07) is 0. The van der Waals surface area contributed by atoms with Crippen LogP contribution < -0.4 is 0 Å². The third kappa shape index (κ3) is 4.84.